The zero-order valence-corrected chi connectivity index (χ0v) is 17.1. The van der Waals surface area contributed by atoms with Crippen molar-refractivity contribution in [2.45, 2.75) is 45.6 Å². The monoisotopic (exact) mass is 397 g/mol. The van der Waals surface area contributed by atoms with Crippen LogP contribution in [0, 0.1) is 5.92 Å². The van der Waals surface area contributed by atoms with Crippen molar-refractivity contribution in [3.63, 3.8) is 0 Å². The number of nitrogens with one attached hydrogen (secondary N) is 1. The fourth-order valence-corrected chi connectivity index (χ4v) is 3.69. The van der Waals surface area contributed by atoms with Crippen molar-refractivity contribution in [2.24, 2.45) is 5.92 Å². The van der Waals surface area contributed by atoms with Crippen LogP contribution in [0.5, 0.6) is 0 Å². The number of ether oxygens (including phenoxy) is 1. The lowest BCUT2D eigenvalue weighted by atomic mass is 9.92. The van der Waals surface area contributed by atoms with E-state index in [1.54, 1.807) is 21.8 Å². The van der Waals surface area contributed by atoms with E-state index in [2.05, 4.69) is 15.3 Å². The number of piperidine rings is 1. The maximum Gasteiger partial charge on any atom is 0.410 e. The van der Waals surface area contributed by atoms with Crippen LogP contribution < -0.4 is 5.73 Å². The molecular weight excluding hydrogens is 370 g/mol. The highest BCUT2D eigenvalue weighted by Crippen LogP contribution is 2.27. The molecule has 0 saturated carbocycles. The van der Waals surface area contributed by atoms with Crippen LogP contribution in [0.4, 0.5) is 10.6 Å². The quantitative estimate of drug-likeness (QED) is 0.702. The van der Waals surface area contributed by atoms with Crippen molar-refractivity contribution in [1.29, 1.82) is 0 Å². The minimum atomic E-state index is -0.470. The number of amides is 1. The van der Waals surface area contributed by atoms with Gasteiger partial charge < -0.3 is 15.4 Å². The number of rotatable bonds is 3. The number of carbonyl (C=O) groups is 1. The predicted molar refractivity (Wildman–Crippen MR) is 109 cm³/mol. The van der Waals surface area contributed by atoms with Crippen molar-refractivity contribution in [3.05, 3.63) is 30.4 Å². The van der Waals surface area contributed by atoms with Crippen LogP contribution in [0.25, 0.3) is 16.8 Å². The van der Waals surface area contributed by atoms with E-state index in [4.69, 9.17) is 15.5 Å². The van der Waals surface area contributed by atoms with Crippen molar-refractivity contribution in [2.75, 3.05) is 18.8 Å². The van der Waals surface area contributed by atoms with Crippen molar-refractivity contribution in [1.82, 2.24) is 29.7 Å². The minimum absolute atomic E-state index is 0.233. The Bertz CT molecular complexity index is 996. The number of likely N-dealkylation sites (tertiary alicyclic amines) is 1. The average molecular weight is 397 g/mol. The van der Waals surface area contributed by atoms with Crippen LogP contribution >= 0.6 is 0 Å². The molecule has 9 heteroatoms. The van der Waals surface area contributed by atoms with Gasteiger partial charge >= 0.3 is 6.09 Å². The van der Waals surface area contributed by atoms with Gasteiger partial charge in [0, 0.05) is 42.2 Å². The molecular formula is C20H27N7O2. The molecule has 0 unspecified atom stereocenters. The van der Waals surface area contributed by atoms with Gasteiger partial charge in [0.2, 0.25) is 0 Å². The molecule has 3 aromatic heterocycles. The first-order valence-electron chi connectivity index (χ1n) is 9.90. The maximum atomic E-state index is 12.2. The summed E-state index contributed by atoms with van der Waals surface area (Å²) in [4.78, 5) is 18.9. The van der Waals surface area contributed by atoms with Gasteiger partial charge in [-0.15, -0.1) is 0 Å². The molecule has 1 aliphatic rings. The summed E-state index contributed by atoms with van der Waals surface area (Å²) in [7, 11) is 0. The molecule has 29 heavy (non-hydrogen) atoms. The normalized spacial score (nSPS) is 15.8. The lowest BCUT2D eigenvalue weighted by Crippen LogP contribution is -2.42. The second kappa shape index (κ2) is 7.38. The summed E-state index contributed by atoms with van der Waals surface area (Å²) in [6.07, 6.45) is 7.73. The summed E-state index contributed by atoms with van der Waals surface area (Å²) in [6, 6.07) is 1.89. The number of hydrogen-bond acceptors (Lipinski definition) is 6. The van der Waals surface area contributed by atoms with Crippen LogP contribution in [-0.4, -0.2) is 54.5 Å². The van der Waals surface area contributed by atoms with Gasteiger partial charge in [-0.2, -0.15) is 14.7 Å². The van der Waals surface area contributed by atoms with Gasteiger partial charge in [0.15, 0.2) is 5.65 Å². The number of nitrogens with two attached hydrogens (primary N) is 1. The Morgan fingerprint density at radius 2 is 2.07 bits per heavy atom. The minimum Gasteiger partial charge on any atom is -0.444 e. The Labute approximate surface area is 169 Å². The van der Waals surface area contributed by atoms with Crippen LogP contribution in [0.1, 0.15) is 39.3 Å². The molecule has 3 N–H and O–H groups in total. The zero-order valence-electron chi connectivity index (χ0n) is 17.1. The van der Waals surface area contributed by atoms with E-state index < -0.39 is 5.60 Å². The highest BCUT2D eigenvalue weighted by Gasteiger charge is 2.27. The number of nitrogens with zero attached hydrogens (tertiary/aromatic N) is 5. The highest BCUT2D eigenvalue weighted by molar-refractivity contribution is 5.77. The van der Waals surface area contributed by atoms with E-state index in [1.165, 1.54) is 0 Å². The molecule has 0 radical (unpaired) electrons. The standard InChI is InChI=1S/C20H27N7O2/c1-20(2,3)29-19(28)26-6-4-13(5-7-26)8-15-9-17(21)27-18(25-15)16(12-24-27)14-10-22-23-11-14/h9-13H,4-8,21H2,1-3H3,(H,22,23). The lowest BCUT2D eigenvalue weighted by molar-refractivity contribution is 0.0184. The number of H-pyrrole nitrogens is 1. The Morgan fingerprint density at radius 3 is 2.72 bits per heavy atom. The molecule has 4 rings (SSSR count). The van der Waals surface area contributed by atoms with Gasteiger partial charge in [0.05, 0.1) is 12.4 Å². The van der Waals surface area contributed by atoms with Gasteiger partial charge in [-0.25, -0.2) is 9.78 Å². The zero-order chi connectivity index (χ0) is 20.6. The predicted octanol–water partition coefficient (Wildman–Crippen LogP) is 2.89. The summed E-state index contributed by atoms with van der Waals surface area (Å²) in [6.45, 7) is 7.06. The smallest absolute Gasteiger partial charge is 0.410 e. The molecule has 154 valence electrons. The lowest BCUT2D eigenvalue weighted by Gasteiger charge is -2.33. The molecule has 0 aromatic carbocycles. The molecule has 1 fully saturated rings. The summed E-state index contributed by atoms with van der Waals surface area (Å²) in [5, 5.41) is 11.2. The first-order chi connectivity index (χ1) is 13.8. The maximum absolute atomic E-state index is 12.2. The molecule has 9 nitrogen and oxygen atoms in total. The number of carbonyl (C=O) groups excluding carboxylic acids is 1. The number of anilines is 1. The Balaban J connectivity index is 1.45. The molecule has 1 saturated heterocycles. The fourth-order valence-electron chi connectivity index (χ4n) is 3.69. The molecule has 1 amide bonds. The first kappa shape index (κ1) is 19.2. The third-order valence-electron chi connectivity index (χ3n) is 5.13. The van der Waals surface area contributed by atoms with Gasteiger partial charge in [-0.05, 0) is 46.0 Å². The van der Waals surface area contributed by atoms with E-state index >= 15 is 0 Å². The number of aromatic amines is 1. The molecule has 3 aromatic rings. The molecule has 0 spiro atoms. The Hall–Kier alpha value is -3.10. The summed E-state index contributed by atoms with van der Waals surface area (Å²) < 4.78 is 7.12. The highest BCUT2D eigenvalue weighted by atomic mass is 16.6. The molecule has 0 aliphatic carbocycles. The molecule has 1 aliphatic heterocycles. The van der Waals surface area contributed by atoms with Crippen LogP contribution in [0.2, 0.25) is 0 Å². The summed E-state index contributed by atoms with van der Waals surface area (Å²) in [5.41, 5.74) is 9.24. The number of hydrogen-bond donors (Lipinski definition) is 2. The number of nitrogen functional groups attached to an aromatic ring is 1. The Kier molecular flexibility index (Phi) is 4.89. The van der Waals surface area contributed by atoms with Crippen LogP contribution in [0.3, 0.4) is 0 Å². The largest absolute Gasteiger partial charge is 0.444 e. The molecule has 0 bridgehead atoms. The topological polar surface area (TPSA) is 114 Å². The van der Waals surface area contributed by atoms with Crippen molar-refractivity contribution < 1.29 is 9.53 Å². The second-order valence-corrected chi connectivity index (χ2v) is 8.57. The van der Waals surface area contributed by atoms with Crippen molar-refractivity contribution in [3.8, 4) is 11.1 Å². The first-order valence-corrected chi connectivity index (χ1v) is 9.90. The second-order valence-electron chi connectivity index (χ2n) is 8.57. The number of fused-ring (bicyclic) bond motifs is 1. The third kappa shape index (κ3) is 4.18. The summed E-state index contributed by atoms with van der Waals surface area (Å²) in [5.74, 6) is 1.01. The van der Waals surface area contributed by atoms with Gasteiger partial charge in [0.1, 0.15) is 11.4 Å². The van der Waals surface area contributed by atoms with Gasteiger partial charge in [0.25, 0.3) is 0 Å². The van der Waals surface area contributed by atoms with E-state index in [-0.39, 0.29) is 6.09 Å². The van der Waals surface area contributed by atoms with E-state index in [0.29, 0.717) is 24.8 Å². The van der Waals surface area contributed by atoms with Crippen molar-refractivity contribution >= 4 is 17.6 Å². The number of aromatic nitrogens is 5. The van der Waals surface area contributed by atoms with Gasteiger partial charge in [-0.1, -0.05) is 0 Å². The molecule has 0 atom stereocenters. The van der Waals surface area contributed by atoms with Gasteiger partial charge in [-0.3, -0.25) is 5.10 Å². The third-order valence-corrected chi connectivity index (χ3v) is 5.13. The average Bonchev–Trinajstić information content (AvgIpc) is 3.30. The van der Waals surface area contributed by atoms with Crippen LogP contribution in [-0.2, 0) is 11.2 Å². The van der Waals surface area contributed by atoms with E-state index in [9.17, 15) is 4.79 Å². The van der Waals surface area contributed by atoms with E-state index in [1.807, 2.05) is 33.0 Å². The van der Waals surface area contributed by atoms with Crippen LogP contribution in [0.15, 0.2) is 24.7 Å². The SMILES string of the molecule is CC(C)(C)OC(=O)N1CCC(Cc2cc(N)n3ncc(-c4cn[nH]c4)c3n2)CC1. The summed E-state index contributed by atoms with van der Waals surface area (Å²) >= 11 is 0. The fraction of sp³-hybridized carbons (Fsp3) is 0.500. The Morgan fingerprint density at radius 1 is 1.31 bits per heavy atom. The van der Waals surface area contributed by atoms with E-state index in [0.717, 1.165) is 41.7 Å². The molecule has 4 heterocycles.